The summed E-state index contributed by atoms with van der Waals surface area (Å²) in [6, 6.07) is 10.1. The molecule has 15 heavy (non-hydrogen) atoms. The minimum Gasteiger partial charge on any atom is -0.237 e. The Hall–Kier alpha value is -2.03. The summed E-state index contributed by atoms with van der Waals surface area (Å²) in [6.07, 6.45) is 5.59. The Morgan fingerprint density at radius 2 is 1.80 bits per heavy atom. The van der Waals surface area contributed by atoms with E-state index in [1.54, 1.807) is 6.20 Å². The summed E-state index contributed by atoms with van der Waals surface area (Å²) < 4.78 is 0. The summed E-state index contributed by atoms with van der Waals surface area (Å²) >= 11 is 0. The first-order valence-electron chi connectivity index (χ1n) is 4.74. The number of hydrogen-bond acceptors (Lipinski definition) is 3. The number of rotatable bonds is 2. The van der Waals surface area contributed by atoms with Crippen LogP contribution < -0.4 is 0 Å². The quantitative estimate of drug-likeness (QED) is 0.741. The molecule has 0 amide bonds. The summed E-state index contributed by atoms with van der Waals surface area (Å²) in [6.45, 7) is 1.82. The Balaban J connectivity index is 2.15. The van der Waals surface area contributed by atoms with Gasteiger partial charge >= 0.3 is 0 Å². The van der Waals surface area contributed by atoms with Crippen molar-refractivity contribution < 1.29 is 0 Å². The van der Waals surface area contributed by atoms with Crippen molar-refractivity contribution in [2.75, 3.05) is 0 Å². The summed E-state index contributed by atoms with van der Waals surface area (Å²) in [5.41, 5.74) is 1.91. The van der Waals surface area contributed by atoms with Gasteiger partial charge in [-0.05, 0) is 18.6 Å². The van der Waals surface area contributed by atoms with E-state index < -0.39 is 0 Å². The largest absolute Gasteiger partial charge is 0.237 e. The second kappa shape index (κ2) is 4.46. The highest BCUT2D eigenvalue weighted by molar-refractivity contribution is 5.67. The normalized spacial score (nSPS) is 10.7. The first-order chi connectivity index (χ1) is 7.34. The molecule has 2 rings (SSSR count). The highest BCUT2D eigenvalue weighted by atomic mass is 15.1. The molecule has 0 saturated heterocycles. The van der Waals surface area contributed by atoms with Crippen LogP contribution in [0.1, 0.15) is 17.1 Å². The molecule has 1 aromatic carbocycles. The van der Waals surface area contributed by atoms with Crippen molar-refractivity contribution in [3.8, 4) is 0 Å². The third kappa shape index (κ3) is 2.71. The van der Waals surface area contributed by atoms with Crippen LogP contribution in [-0.4, -0.2) is 15.2 Å². The fourth-order valence-electron chi connectivity index (χ4n) is 1.16. The van der Waals surface area contributed by atoms with Crippen LogP contribution in [0.5, 0.6) is 0 Å². The molecule has 0 fully saturated rings. The molecule has 0 aliphatic heterocycles. The Morgan fingerprint density at radius 1 is 1.00 bits per heavy atom. The molecule has 1 heterocycles. The van der Waals surface area contributed by atoms with Crippen molar-refractivity contribution in [2.24, 2.45) is 0 Å². The van der Waals surface area contributed by atoms with Crippen molar-refractivity contribution in [1.29, 1.82) is 0 Å². The average Bonchev–Trinajstić information content (AvgIpc) is 2.30. The second-order valence-corrected chi connectivity index (χ2v) is 3.17. The van der Waals surface area contributed by atoms with Crippen molar-refractivity contribution in [1.82, 2.24) is 15.2 Å². The summed E-state index contributed by atoms with van der Waals surface area (Å²) in [4.78, 5) is 4.07. The lowest BCUT2D eigenvalue weighted by molar-refractivity contribution is 0.898. The fraction of sp³-hybridized carbons (Fsp3) is 0.0833. The maximum atomic E-state index is 4.07. The Bertz CT molecular complexity index is 446. The van der Waals surface area contributed by atoms with Crippen LogP contribution in [0.25, 0.3) is 12.2 Å². The zero-order valence-electron chi connectivity index (χ0n) is 8.46. The standard InChI is InChI=1S/C12H11N3/c1-10-13-9-12(15-14-10)8-7-11-5-3-2-4-6-11/h2-9H,1H3/b8-7+. The summed E-state index contributed by atoms with van der Waals surface area (Å²) in [5.74, 6) is 0.687. The van der Waals surface area contributed by atoms with Crippen molar-refractivity contribution in [3.63, 3.8) is 0 Å². The van der Waals surface area contributed by atoms with E-state index in [1.165, 1.54) is 0 Å². The van der Waals surface area contributed by atoms with E-state index in [0.29, 0.717) is 5.82 Å². The molecule has 0 N–H and O–H groups in total. The van der Waals surface area contributed by atoms with E-state index in [1.807, 2.05) is 49.4 Å². The van der Waals surface area contributed by atoms with Gasteiger partial charge in [-0.3, -0.25) is 0 Å². The predicted molar refractivity (Wildman–Crippen MR) is 59.9 cm³/mol. The van der Waals surface area contributed by atoms with Gasteiger partial charge < -0.3 is 0 Å². The van der Waals surface area contributed by atoms with E-state index in [0.717, 1.165) is 11.3 Å². The van der Waals surface area contributed by atoms with Crippen LogP contribution in [0.15, 0.2) is 36.5 Å². The van der Waals surface area contributed by atoms with Gasteiger partial charge in [0.05, 0.1) is 6.20 Å². The summed E-state index contributed by atoms with van der Waals surface area (Å²) in [5, 5.41) is 7.87. The van der Waals surface area contributed by atoms with Gasteiger partial charge in [0, 0.05) is 0 Å². The Kier molecular flexibility index (Phi) is 2.83. The van der Waals surface area contributed by atoms with Crippen molar-refractivity contribution in [2.45, 2.75) is 6.92 Å². The number of nitrogens with zero attached hydrogens (tertiary/aromatic N) is 3. The van der Waals surface area contributed by atoms with Crippen molar-refractivity contribution >= 4 is 12.2 Å². The molecule has 1 aromatic heterocycles. The van der Waals surface area contributed by atoms with Gasteiger partial charge in [0.2, 0.25) is 0 Å². The molecule has 0 aliphatic carbocycles. The molecule has 3 nitrogen and oxygen atoms in total. The van der Waals surface area contributed by atoms with E-state index in [9.17, 15) is 0 Å². The molecule has 0 saturated carbocycles. The molecule has 0 atom stereocenters. The van der Waals surface area contributed by atoms with Crippen LogP contribution in [0.2, 0.25) is 0 Å². The summed E-state index contributed by atoms with van der Waals surface area (Å²) in [7, 11) is 0. The minimum absolute atomic E-state index is 0.687. The van der Waals surface area contributed by atoms with E-state index in [-0.39, 0.29) is 0 Å². The third-order valence-electron chi connectivity index (χ3n) is 1.94. The minimum atomic E-state index is 0.687. The highest BCUT2D eigenvalue weighted by Gasteiger charge is 1.90. The first-order valence-corrected chi connectivity index (χ1v) is 4.74. The number of hydrogen-bond donors (Lipinski definition) is 0. The van der Waals surface area contributed by atoms with Crippen LogP contribution >= 0.6 is 0 Å². The molecule has 74 valence electrons. The van der Waals surface area contributed by atoms with Crippen LogP contribution in [0.3, 0.4) is 0 Å². The van der Waals surface area contributed by atoms with Gasteiger partial charge in [0.1, 0.15) is 11.5 Å². The Labute approximate surface area is 88.5 Å². The van der Waals surface area contributed by atoms with Crippen LogP contribution in [-0.2, 0) is 0 Å². The van der Waals surface area contributed by atoms with Gasteiger partial charge in [-0.25, -0.2) is 4.98 Å². The molecule has 0 radical (unpaired) electrons. The first kappa shape index (κ1) is 9.52. The molecule has 0 unspecified atom stereocenters. The van der Waals surface area contributed by atoms with Crippen LogP contribution in [0.4, 0.5) is 0 Å². The lowest BCUT2D eigenvalue weighted by atomic mass is 10.2. The molecule has 0 spiro atoms. The molecular weight excluding hydrogens is 186 g/mol. The van der Waals surface area contributed by atoms with Gasteiger partial charge in [-0.1, -0.05) is 36.4 Å². The maximum Gasteiger partial charge on any atom is 0.147 e. The van der Waals surface area contributed by atoms with E-state index >= 15 is 0 Å². The van der Waals surface area contributed by atoms with E-state index in [2.05, 4.69) is 15.2 Å². The smallest absolute Gasteiger partial charge is 0.147 e. The monoisotopic (exact) mass is 197 g/mol. The number of benzene rings is 1. The zero-order valence-corrected chi connectivity index (χ0v) is 8.46. The van der Waals surface area contributed by atoms with Gasteiger partial charge in [0.25, 0.3) is 0 Å². The lowest BCUT2D eigenvalue weighted by Crippen LogP contribution is -1.92. The predicted octanol–water partition coefficient (Wildman–Crippen LogP) is 2.35. The van der Waals surface area contributed by atoms with E-state index in [4.69, 9.17) is 0 Å². The second-order valence-electron chi connectivity index (χ2n) is 3.17. The molecular formula is C12H11N3. The maximum absolute atomic E-state index is 4.07. The zero-order chi connectivity index (χ0) is 10.5. The molecule has 0 aliphatic rings. The third-order valence-corrected chi connectivity index (χ3v) is 1.94. The Morgan fingerprint density at radius 3 is 2.47 bits per heavy atom. The average molecular weight is 197 g/mol. The van der Waals surface area contributed by atoms with Crippen molar-refractivity contribution in [3.05, 3.63) is 53.6 Å². The highest BCUT2D eigenvalue weighted by Crippen LogP contribution is 2.04. The van der Waals surface area contributed by atoms with Crippen LogP contribution in [0, 0.1) is 6.92 Å². The molecule has 0 bridgehead atoms. The number of aromatic nitrogens is 3. The number of aryl methyl sites for hydroxylation is 1. The fourth-order valence-corrected chi connectivity index (χ4v) is 1.16. The topological polar surface area (TPSA) is 38.7 Å². The molecule has 3 heteroatoms. The lowest BCUT2D eigenvalue weighted by Gasteiger charge is -1.92. The van der Waals surface area contributed by atoms with Gasteiger partial charge in [0.15, 0.2) is 0 Å². The van der Waals surface area contributed by atoms with Gasteiger partial charge in [-0.15, -0.1) is 10.2 Å². The SMILES string of the molecule is Cc1ncc(/C=C/c2ccccc2)nn1. The molecule has 2 aromatic rings. The van der Waals surface area contributed by atoms with Gasteiger partial charge in [-0.2, -0.15) is 0 Å².